The molecule has 1 aliphatic heterocycles. The van der Waals surface area contributed by atoms with E-state index in [0.717, 1.165) is 0 Å². The van der Waals surface area contributed by atoms with E-state index in [1.165, 1.54) is 83.1 Å². The molecule has 238 valence electrons. The second-order valence-electron chi connectivity index (χ2n) is 14.4. The highest BCUT2D eigenvalue weighted by molar-refractivity contribution is 5.41. The van der Waals surface area contributed by atoms with Gasteiger partial charge >= 0.3 is 0 Å². The Morgan fingerprint density at radius 1 is 0.795 bits per heavy atom. The molecular formula is C42H59NO. The zero-order valence-corrected chi connectivity index (χ0v) is 29.2. The Kier molecular flexibility index (Phi) is 13.1. The largest absolute Gasteiger partial charge is 0.395 e. The van der Waals surface area contributed by atoms with Crippen molar-refractivity contribution in [3.63, 3.8) is 0 Å². The average molecular weight is 594 g/mol. The average Bonchev–Trinajstić information content (AvgIpc) is 2.93. The van der Waals surface area contributed by atoms with Gasteiger partial charge in [0.25, 0.3) is 0 Å². The summed E-state index contributed by atoms with van der Waals surface area (Å²) in [4.78, 5) is 2.19. The maximum absolute atomic E-state index is 9.65. The molecule has 2 aliphatic carbocycles. The molecule has 0 spiro atoms. The highest BCUT2D eigenvalue weighted by Gasteiger charge is 2.27. The highest BCUT2D eigenvalue weighted by Crippen LogP contribution is 2.41. The molecule has 0 aromatic carbocycles. The third kappa shape index (κ3) is 10.5. The van der Waals surface area contributed by atoms with Crippen molar-refractivity contribution < 1.29 is 5.11 Å². The lowest BCUT2D eigenvalue weighted by atomic mass is 9.72. The number of nitrogens with zero attached hydrogens (tertiary/aromatic N) is 1. The predicted molar refractivity (Wildman–Crippen MR) is 193 cm³/mol. The van der Waals surface area contributed by atoms with Gasteiger partial charge in [-0.3, -0.25) is 0 Å². The van der Waals surface area contributed by atoms with Crippen molar-refractivity contribution in [1.82, 2.24) is 4.90 Å². The van der Waals surface area contributed by atoms with Crippen LogP contribution in [0.1, 0.15) is 101 Å². The molecule has 3 rings (SSSR count). The third-order valence-electron chi connectivity index (χ3n) is 9.47. The van der Waals surface area contributed by atoms with Crippen LogP contribution in [-0.2, 0) is 0 Å². The fraction of sp³-hybridized carbons (Fsp3) is 0.476. The molecule has 1 heterocycles. The molecule has 0 aromatic heterocycles. The van der Waals surface area contributed by atoms with Gasteiger partial charge in [0.1, 0.15) is 0 Å². The van der Waals surface area contributed by atoms with E-state index in [1.807, 2.05) is 0 Å². The van der Waals surface area contributed by atoms with Crippen LogP contribution in [0.3, 0.4) is 0 Å². The van der Waals surface area contributed by atoms with Crippen LogP contribution in [0.25, 0.3) is 0 Å². The first kappa shape index (κ1) is 35.4. The molecule has 2 nitrogen and oxygen atoms in total. The summed E-state index contributed by atoms with van der Waals surface area (Å²) in [5.41, 5.74) is 11.5. The molecule has 0 saturated heterocycles. The quantitative estimate of drug-likeness (QED) is 0.241. The summed E-state index contributed by atoms with van der Waals surface area (Å²) in [7, 11) is 0. The number of allylic oxidation sites excluding steroid dienone is 19. The van der Waals surface area contributed by atoms with E-state index in [-0.39, 0.29) is 23.5 Å². The number of hydrogen-bond donors (Lipinski definition) is 1. The molecule has 1 atom stereocenters. The molecule has 0 bridgehead atoms. The number of hydrogen-bond acceptors (Lipinski definition) is 2. The molecule has 3 aliphatic rings. The predicted octanol–water partition coefficient (Wildman–Crippen LogP) is 11.2. The van der Waals surface area contributed by atoms with Gasteiger partial charge < -0.3 is 10.0 Å². The Labute approximate surface area is 270 Å². The molecule has 0 radical (unpaired) electrons. The fourth-order valence-corrected chi connectivity index (χ4v) is 6.77. The van der Waals surface area contributed by atoms with Crippen molar-refractivity contribution in [3.05, 3.63) is 130 Å². The Balaban J connectivity index is 1.68. The summed E-state index contributed by atoms with van der Waals surface area (Å²) in [6.45, 7) is 21.3. The molecule has 44 heavy (non-hydrogen) atoms. The van der Waals surface area contributed by atoms with Crippen LogP contribution in [-0.4, -0.2) is 29.2 Å². The van der Waals surface area contributed by atoms with E-state index < -0.39 is 0 Å². The van der Waals surface area contributed by atoms with Crippen LogP contribution in [0.15, 0.2) is 130 Å². The van der Waals surface area contributed by atoms with Crippen molar-refractivity contribution in [2.75, 3.05) is 13.2 Å². The second-order valence-corrected chi connectivity index (χ2v) is 14.4. The van der Waals surface area contributed by atoms with Gasteiger partial charge in [-0.25, -0.2) is 0 Å². The lowest BCUT2D eigenvalue weighted by Gasteiger charge is -2.33. The molecule has 0 aromatic rings. The summed E-state index contributed by atoms with van der Waals surface area (Å²) >= 11 is 0. The van der Waals surface area contributed by atoms with E-state index in [2.05, 4.69) is 152 Å². The van der Waals surface area contributed by atoms with Crippen molar-refractivity contribution >= 4 is 0 Å². The zero-order chi connectivity index (χ0) is 32.3. The van der Waals surface area contributed by atoms with E-state index in [1.54, 1.807) is 0 Å². The van der Waals surface area contributed by atoms with Gasteiger partial charge in [-0.15, -0.1) is 0 Å². The van der Waals surface area contributed by atoms with Crippen LogP contribution in [0.2, 0.25) is 0 Å². The lowest BCUT2D eigenvalue weighted by molar-refractivity contribution is 0.229. The van der Waals surface area contributed by atoms with Crippen LogP contribution >= 0.6 is 0 Å². The lowest BCUT2D eigenvalue weighted by Crippen LogP contribution is -2.32. The summed E-state index contributed by atoms with van der Waals surface area (Å²) in [5.74, 6) is 0. The van der Waals surface area contributed by atoms with Crippen molar-refractivity contribution in [1.29, 1.82) is 0 Å². The van der Waals surface area contributed by atoms with Gasteiger partial charge in [0.05, 0.1) is 12.6 Å². The maximum atomic E-state index is 9.65. The number of rotatable bonds is 11. The molecule has 0 saturated carbocycles. The second kappa shape index (κ2) is 16.3. The van der Waals surface area contributed by atoms with Gasteiger partial charge in [-0.1, -0.05) is 128 Å². The van der Waals surface area contributed by atoms with E-state index in [4.69, 9.17) is 0 Å². The standard InChI is InChI=1S/C42H59NO/c1-32(20-22-39-35(4)17-12-25-41(39,6)7)14-10-16-34(3)30-38-31-37(24-27-43(38)28-29-44)19-11-15-33(2)21-23-40-36(5)18-13-26-42(40,8)9/h10-11,14-16,19-24,27,30-31,38,44H,12-13,17-18,25-26,28-29H2,1-9H3. The van der Waals surface area contributed by atoms with Gasteiger partial charge in [0.15, 0.2) is 0 Å². The molecule has 1 N–H and O–H groups in total. The summed E-state index contributed by atoms with van der Waals surface area (Å²) < 4.78 is 0. The van der Waals surface area contributed by atoms with Crippen molar-refractivity contribution in [2.45, 2.75) is 107 Å². The van der Waals surface area contributed by atoms with Crippen LogP contribution in [0.4, 0.5) is 0 Å². The SMILES string of the molecule is CC(C=CC1=C(C)CCCC1(C)C)=CC=CC(C)=CC1C=C(C=CC=C(C)C=CC2=C(C)CCCC2(C)C)C=CN1CCO. The monoisotopic (exact) mass is 593 g/mol. The van der Waals surface area contributed by atoms with E-state index in [9.17, 15) is 5.11 Å². The van der Waals surface area contributed by atoms with Crippen LogP contribution in [0, 0.1) is 10.8 Å². The Morgan fingerprint density at radius 2 is 1.34 bits per heavy atom. The first-order chi connectivity index (χ1) is 20.8. The Bertz CT molecular complexity index is 1360. The van der Waals surface area contributed by atoms with Crippen LogP contribution in [0.5, 0.6) is 0 Å². The minimum atomic E-state index is 0.0956. The summed E-state index contributed by atoms with van der Waals surface area (Å²) in [6, 6.07) is 0.0956. The first-order valence-electron chi connectivity index (χ1n) is 16.7. The number of aliphatic hydroxyl groups excluding tert-OH is 1. The van der Waals surface area contributed by atoms with Crippen LogP contribution < -0.4 is 0 Å². The molecule has 0 fully saturated rings. The van der Waals surface area contributed by atoms with Gasteiger partial charge in [-0.2, -0.15) is 0 Å². The minimum Gasteiger partial charge on any atom is -0.395 e. The maximum Gasteiger partial charge on any atom is 0.0667 e. The molecule has 1 unspecified atom stereocenters. The molecular weight excluding hydrogens is 534 g/mol. The minimum absolute atomic E-state index is 0.0956. The van der Waals surface area contributed by atoms with Gasteiger partial charge in [-0.05, 0) is 107 Å². The Hall–Kier alpha value is -3.10. The fourth-order valence-electron chi connectivity index (χ4n) is 6.77. The van der Waals surface area contributed by atoms with Gasteiger partial charge in [0.2, 0.25) is 0 Å². The number of aliphatic hydroxyl groups is 1. The van der Waals surface area contributed by atoms with E-state index in [0.29, 0.717) is 6.54 Å². The summed E-state index contributed by atoms with van der Waals surface area (Å²) in [5, 5.41) is 9.65. The van der Waals surface area contributed by atoms with E-state index >= 15 is 0 Å². The molecule has 2 heteroatoms. The normalized spacial score (nSPS) is 23.8. The topological polar surface area (TPSA) is 23.5 Å². The third-order valence-corrected chi connectivity index (χ3v) is 9.47. The number of β-amino-alcohol motifs (C(OH)–C–C–N with tert-alkyl or cyclic N) is 1. The zero-order valence-electron chi connectivity index (χ0n) is 29.2. The first-order valence-corrected chi connectivity index (χ1v) is 16.7. The van der Waals surface area contributed by atoms with Crippen molar-refractivity contribution in [3.8, 4) is 0 Å². The highest BCUT2D eigenvalue weighted by atomic mass is 16.3. The summed E-state index contributed by atoms with van der Waals surface area (Å²) in [6.07, 6.45) is 38.5. The Morgan fingerprint density at radius 3 is 1.86 bits per heavy atom. The smallest absolute Gasteiger partial charge is 0.0667 e. The van der Waals surface area contributed by atoms with Crippen molar-refractivity contribution in [2.24, 2.45) is 10.8 Å². The molecule has 0 amide bonds. The van der Waals surface area contributed by atoms with Gasteiger partial charge in [0, 0.05) is 12.7 Å².